The Labute approximate surface area is 111 Å². The van der Waals surface area contributed by atoms with E-state index in [9.17, 15) is 0 Å². The van der Waals surface area contributed by atoms with E-state index < -0.39 is 0 Å². The number of pyridine rings is 1. The van der Waals surface area contributed by atoms with Crippen molar-refractivity contribution in [2.24, 2.45) is 5.73 Å². The second kappa shape index (κ2) is 4.74. The van der Waals surface area contributed by atoms with Gasteiger partial charge in [-0.1, -0.05) is 18.2 Å². The molecule has 0 aliphatic rings. The molecular formula is C15H15N3O. The molecule has 0 spiro atoms. The first-order valence-electron chi connectivity index (χ1n) is 6.13. The molecule has 3 rings (SSSR count). The number of aromatic nitrogens is 2. The second-order valence-electron chi connectivity index (χ2n) is 4.28. The van der Waals surface area contributed by atoms with Crippen LogP contribution in [0.1, 0.15) is 5.82 Å². The number of rotatable bonds is 3. The van der Waals surface area contributed by atoms with Crippen LogP contribution in [0.3, 0.4) is 0 Å². The van der Waals surface area contributed by atoms with Crippen LogP contribution in [0.25, 0.3) is 16.6 Å². The van der Waals surface area contributed by atoms with Crippen LogP contribution in [-0.4, -0.2) is 16.5 Å². The topological polar surface area (TPSA) is 52.5 Å². The molecule has 2 heterocycles. The molecule has 19 heavy (non-hydrogen) atoms. The monoisotopic (exact) mass is 253 g/mol. The first-order chi connectivity index (χ1) is 9.33. The van der Waals surface area contributed by atoms with Gasteiger partial charge in [0.2, 0.25) is 0 Å². The van der Waals surface area contributed by atoms with E-state index in [0.717, 1.165) is 28.2 Å². The van der Waals surface area contributed by atoms with Crippen molar-refractivity contribution in [2.45, 2.75) is 6.54 Å². The Bertz CT molecular complexity index is 701. The Hall–Kier alpha value is -2.33. The molecule has 96 valence electrons. The van der Waals surface area contributed by atoms with Crippen molar-refractivity contribution in [1.82, 2.24) is 9.38 Å². The zero-order valence-corrected chi connectivity index (χ0v) is 10.7. The molecule has 4 nitrogen and oxygen atoms in total. The van der Waals surface area contributed by atoms with Crippen molar-refractivity contribution in [3.05, 3.63) is 54.6 Å². The van der Waals surface area contributed by atoms with E-state index in [0.29, 0.717) is 6.54 Å². The van der Waals surface area contributed by atoms with E-state index in [1.807, 2.05) is 47.1 Å². The number of benzene rings is 1. The minimum Gasteiger partial charge on any atom is -0.497 e. The summed E-state index contributed by atoms with van der Waals surface area (Å²) in [7, 11) is 1.67. The Kier molecular flexibility index (Phi) is 2.93. The van der Waals surface area contributed by atoms with Gasteiger partial charge in [-0.05, 0) is 23.8 Å². The van der Waals surface area contributed by atoms with Crippen LogP contribution >= 0.6 is 0 Å². The molecule has 3 aromatic rings. The summed E-state index contributed by atoms with van der Waals surface area (Å²) >= 11 is 0. The van der Waals surface area contributed by atoms with Gasteiger partial charge in [0.1, 0.15) is 11.6 Å². The van der Waals surface area contributed by atoms with Gasteiger partial charge in [0.25, 0.3) is 0 Å². The number of fused-ring (bicyclic) bond motifs is 1. The molecular weight excluding hydrogens is 238 g/mol. The first-order valence-corrected chi connectivity index (χ1v) is 6.13. The number of ether oxygens (including phenoxy) is 1. The van der Waals surface area contributed by atoms with Gasteiger partial charge in [0, 0.05) is 11.8 Å². The van der Waals surface area contributed by atoms with Gasteiger partial charge in [0.15, 0.2) is 0 Å². The fourth-order valence-electron chi connectivity index (χ4n) is 2.24. The second-order valence-corrected chi connectivity index (χ2v) is 4.28. The summed E-state index contributed by atoms with van der Waals surface area (Å²) in [6.07, 6.45) is 3.85. The highest BCUT2D eigenvalue weighted by molar-refractivity contribution is 5.80. The number of hydrogen-bond acceptors (Lipinski definition) is 3. The molecule has 0 saturated heterocycles. The van der Waals surface area contributed by atoms with Crippen molar-refractivity contribution in [1.29, 1.82) is 0 Å². The predicted octanol–water partition coefficient (Wildman–Crippen LogP) is 2.47. The number of nitrogens with zero attached hydrogens (tertiary/aromatic N) is 2. The molecule has 4 heteroatoms. The van der Waals surface area contributed by atoms with Gasteiger partial charge in [0.05, 0.1) is 25.4 Å². The van der Waals surface area contributed by atoms with E-state index in [2.05, 4.69) is 11.1 Å². The van der Waals surface area contributed by atoms with Gasteiger partial charge in [-0.2, -0.15) is 0 Å². The van der Waals surface area contributed by atoms with Crippen LogP contribution in [0.4, 0.5) is 0 Å². The van der Waals surface area contributed by atoms with Crippen molar-refractivity contribution in [3.8, 4) is 16.9 Å². The zero-order valence-electron chi connectivity index (χ0n) is 10.7. The van der Waals surface area contributed by atoms with Crippen LogP contribution in [0.2, 0.25) is 0 Å². The maximum Gasteiger partial charge on any atom is 0.127 e. The first kappa shape index (κ1) is 11.7. The lowest BCUT2D eigenvalue weighted by molar-refractivity contribution is 0.415. The Morgan fingerprint density at radius 1 is 1.21 bits per heavy atom. The molecule has 0 fully saturated rings. The third-order valence-corrected chi connectivity index (χ3v) is 3.23. The van der Waals surface area contributed by atoms with Gasteiger partial charge in [-0.25, -0.2) is 4.98 Å². The summed E-state index contributed by atoms with van der Waals surface area (Å²) in [4.78, 5) is 4.35. The van der Waals surface area contributed by atoms with Gasteiger partial charge >= 0.3 is 0 Å². The van der Waals surface area contributed by atoms with E-state index in [1.165, 1.54) is 0 Å². The Morgan fingerprint density at radius 3 is 2.68 bits per heavy atom. The molecule has 0 radical (unpaired) electrons. The van der Waals surface area contributed by atoms with Crippen LogP contribution < -0.4 is 10.5 Å². The van der Waals surface area contributed by atoms with Gasteiger partial charge in [-0.3, -0.25) is 0 Å². The number of methoxy groups -OCH3 is 1. The third-order valence-electron chi connectivity index (χ3n) is 3.23. The third kappa shape index (κ3) is 1.96. The largest absolute Gasteiger partial charge is 0.497 e. The highest BCUT2D eigenvalue weighted by atomic mass is 16.5. The maximum atomic E-state index is 5.69. The van der Waals surface area contributed by atoms with Crippen molar-refractivity contribution in [2.75, 3.05) is 7.11 Å². The Morgan fingerprint density at radius 2 is 2.00 bits per heavy atom. The zero-order chi connectivity index (χ0) is 13.2. The lowest BCUT2D eigenvalue weighted by atomic mass is 10.1. The normalized spacial score (nSPS) is 10.8. The minimum absolute atomic E-state index is 0.431. The fraction of sp³-hybridized carbons (Fsp3) is 0.133. The van der Waals surface area contributed by atoms with E-state index in [-0.39, 0.29) is 0 Å². The number of hydrogen-bond donors (Lipinski definition) is 1. The summed E-state index contributed by atoms with van der Waals surface area (Å²) in [5, 5.41) is 0. The molecule has 2 N–H and O–H groups in total. The maximum absolute atomic E-state index is 5.69. The molecule has 0 amide bonds. The summed E-state index contributed by atoms with van der Waals surface area (Å²) in [5.41, 5.74) is 9.02. The summed E-state index contributed by atoms with van der Waals surface area (Å²) < 4.78 is 7.21. The lowest BCUT2D eigenvalue weighted by Crippen LogP contribution is -2.02. The molecule has 0 saturated carbocycles. The molecule has 2 aromatic heterocycles. The SMILES string of the molecule is COc1ccc(-c2cccn3c(CN)ncc23)cc1. The fourth-order valence-corrected chi connectivity index (χ4v) is 2.24. The quantitative estimate of drug-likeness (QED) is 0.780. The molecule has 0 atom stereocenters. The number of imidazole rings is 1. The highest BCUT2D eigenvalue weighted by Crippen LogP contribution is 2.26. The standard InChI is InChI=1S/C15H15N3O/c1-19-12-6-4-11(5-7-12)13-3-2-8-18-14(13)10-17-15(18)9-16/h2-8,10H,9,16H2,1H3. The van der Waals surface area contributed by atoms with E-state index in [4.69, 9.17) is 10.5 Å². The van der Waals surface area contributed by atoms with E-state index >= 15 is 0 Å². The van der Waals surface area contributed by atoms with Gasteiger partial charge in [-0.15, -0.1) is 0 Å². The van der Waals surface area contributed by atoms with E-state index in [1.54, 1.807) is 7.11 Å². The molecule has 0 aliphatic heterocycles. The molecule has 0 bridgehead atoms. The van der Waals surface area contributed by atoms with Crippen molar-refractivity contribution < 1.29 is 4.74 Å². The predicted molar refractivity (Wildman–Crippen MR) is 75.1 cm³/mol. The minimum atomic E-state index is 0.431. The molecule has 0 aliphatic carbocycles. The van der Waals surface area contributed by atoms with Crippen LogP contribution in [0, 0.1) is 0 Å². The van der Waals surface area contributed by atoms with Crippen LogP contribution in [0.15, 0.2) is 48.8 Å². The summed E-state index contributed by atoms with van der Waals surface area (Å²) in [5.74, 6) is 1.72. The van der Waals surface area contributed by atoms with Gasteiger partial charge < -0.3 is 14.9 Å². The van der Waals surface area contributed by atoms with Crippen molar-refractivity contribution >= 4 is 5.52 Å². The number of nitrogens with two attached hydrogens (primary N) is 1. The average molecular weight is 253 g/mol. The molecule has 1 aromatic carbocycles. The average Bonchev–Trinajstić information content (AvgIpc) is 2.90. The Balaban J connectivity index is 2.16. The summed E-state index contributed by atoms with van der Waals surface area (Å²) in [6.45, 7) is 0.431. The van der Waals surface area contributed by atoms with Crippen molar-refractivity contribution in [3.63, 3.8) is 0 Å². The smallest absolute Gasteiger partial charge is 0.127 e. The van der Waals surface area contributed by atoms with Crippen LogP contribution in [-0.2, 0) is 6.54 Å². The lowest BCUT2D eigenvalue weighted by Gasteiger charge is -2.06. The summed E-state index contributed by atoms with van der Waals surface area (Å²) in [6, 6.07) is 12.1. The molecule has 0 unspecified atom stereocenters. The highest BCUT2D eigenvalue weighted by Gasteiger charge is 2.07. The van der Waals surface area contributed by atoms with Crippen LogP contribution in [0.5, 0.6) is 5.75 Å².